The van der Waals surface area contributed by atoms with E-state index >= 15 is 0 Å². The number of halogens is 3. The zero-order valence-corrected chi connectivity index (χ0v) is 26.2. The molecule has 8 heteroatoms. The van der Waals surface area contributed by atoms with Crippen LogP contribution in [0.15, 0.2) is 71.4 Å². The van der Waals surface area contributed by atoms with Gasteiger partial charge in [0, 0.05) is 33.8 Å². The van der Waals surface area contributed by atoms with Crippen molar-refractivity contribution in [3.63, 3.8) is 0 Å². The van der Waals surface area contributed by atoms with Gasteiger partial charge in [0.2, 0.25) is 0 Å². The number of carbonyl (C=O) groups is 1. The maximum absolute atomic E-state index is 12.9. The maximum atomic E-state index is 12.9. The molecule has 2 aromatic carbocycles. The molecule has 0 fully saturated rings. The second kappa shape index (κ2) is 18.2. The van der Waals surface area contributed by atoms with Crippen LogP contribution in [0.2, 0.25) is 15.1 Å². The van der Waals surface area contributed by atoms with Crippen LogP contribution in [-0.4, -0.2) is 30.8 Å². The Morgan fingerprint density at radius 3 is 2.25 bits per heavy atom. The van der Waals surface area contributed by atoms with Crippen molar-refractivity contribution in [3.8, 4) is 0 Å². The van der Waals surface area contributed by atoms with Crippen LogP contribution in [0, 0.1) is 5.92 Å². The van der Waals surface area contributed by atoms with Gasteiger partial charge in [-0.3, -0.25) is 4.79 Å². The highest BCUT2D eigenvalue weighted by molar-refractivity contribution is 6.36. The monoisotopic (exact) mass is 604 g/mol. The Morgan fingerprint density at radius 2 is 1.62 bits per heavy atom. The summed E-state index contributed by atoms with van der Waals surface area (Å²) in [7, 11) is 0. The van der Waals surface area contributed by atoms with Crippen molar-refractivity contribution in [2.24, 2.45) is 16.6 Å². The lowest BCUT2D eigenvalue weighted by Crippen LogP contribution is -2.33. The topological polar surface area (TPSA) is 79.5 Å². The fourth-order valence-corrected chi connectivity index (χ4v) is 5.05. The quantitative estimate of drug-likeness (QED) is 0.0731. The fraction of sp³-hybridized carbons (Fsp3) is 0.438. The lowest BCUT2D eigenvalue weighted by Gasteiger charge is -2.22. The van der Waals surface area contributed by atoms with Gasteiger partial charge >= 0.3 is 0 Å². The number of hydrogen-bond donors (Lipinski definition) is 3. The first kappa shape index (κ1) is 33.9. The highest BCUT2D eigenvalue weighted by atomic mass is 35.5. The number of allylic oxidation sites excluding steroid dienone is 2. The lowest BCUT2D eigenvalue weighted by molar-refractivity contribution is -0.117. The van der Waals surface area contributed by atoms with Crippen molar-refractivity contribution in [1.29, 1.82) is 0 Å². The molecule has 218 valence electrons. The first-order valence-electron chi connectivity index (χ1n) is 14.1. The van der Waals surface area contributed by atoms with Crippen molar-refractivity contribution in [3.05, 3.63) is 87.0 Å². The Hall–Kier alpha value is -2.31. The van der Waals surface area contributed by atoms with Crippen LogP contribution < -0.4 is 16.4 Å². The number of nitrogens with zero attached hydrogens (tertiary/aromatic N) is 1. The van der Waals surface area contributed by atoms with Crippen LogP contribution in [0.4, 0.5) is 5.69 Å². The summed E-state index contributed by atoms with van der Waals surface area (Å²) in [4.78, 5) is 17.6. The SMILES string of the molecule is C=CCC(CC)C(C)NCCCCCCCNC(=O)C(N)=C(C)C(=Nc1ccc(Cl)cc1Cl)c1ccc(Cl)cc1. The molecule has 2 rings (SSSR count). The van der Waals surface area contributed by atoms with Gasteiger partial charge in [-0.2, -0.15) is 0 Å². The molecule has 0 saturated heterocycles. The molecule has 0 saturated carbocycles. The fourth-order valence-electron chi connectivity index (χ4n) is 4.48. The Bertz CT molecular complexity index is 1160. The van der Waals surface area contributed by atoms with E-state index in [1.165, 1.54) is 6.42 Å². The van der Waals surface area contributed by atoms with E-state index in [4.69, 9.17) is 45.5 Å². The van der Waals surface area contributed by atoms with E-state index in [2.05, 4.69) is 31.1 Å². The summed E-state index contributed by atoms with van der Waals surface area (Å²) in [6, 6.07) is 12.8. The number of nitrogens with two attached hydrogens (primary N) is 1. The molecule has 0 aliphatic carbocycles. The molecule has 0 radical (unpaired) electrons. The zero-order chi connectivity index (χ0) is 29.5. The van der Waals surface area contributed by atoms with Gasteiger partial charge in [0.25, 0.3) is 5.91 Å². The average Bonchev–Trinajstić information content (AvgIpc) is 2.94. The molecule has 5 nitrogen and oxygen atoms in total. The number of nitrogens with one attached hydrogen (secondary N) is 2. The van der Waals surface area contributed by atoms with Crippen LogP contribution in [0.3, 0.4) is 0 Å². The molecule has 4 N–H and O–H groups in total. The predicted octanol–water partition coefficient (Wildman–Crippen LogP) is 8.65. The summed E-state index contributed by atoms with van der Waals surface area (Å²) in [5, 5.41) is 8.11. The predicted molar refractivity (Wildman–Crippen MR) is 173 cm³/mol. The molecule has 2 unspecified atom stereocenters. The van der Waals surface area contributed by atoms with E-state index in [1.807, 2.05) is 18.2 Å². The number of carbonyl (C=O) groups excluding carboxylic acids is 1. The van der Waals surface area contributed by atoms with Gasteiger partial charge in [0.15, 0.2) is 0 Å². The molecule has 2 atom stereocenters. The normalized spacial score (nSPS) is 13.9. The molecular formula is C32H43Cl3N4O. The molecule has 40 heavy (non-hydrogen) atoms. The Labute approximate surface area is 255 Å². The molecular weight excluding hydrogens is 563 g/mol. The third kappa shape index (κ3) is 11.3. The van der Waals surface area contributed by atoms with Crippen molar-refractivity contribution in [1.82, 2.24) is 10.6 Å². The van der Waals surface area contributed by atoms with Crippen LogP contribution in [-0.2, 0) is 4.79 Å². The van der Waals surface area contributed by atoms with Crippen LogP contribution in [0.5, 0.6) is 0 Å². The highest BCUT2D eigenvalue weighted by Gasteiger charge is 2.16. The molecule has 1 amide bonds. The number of hydrogen-bond acceptors (Lipinski definition) is 4. The minimum Gasteiger partial charge on any atom is -0.394 e. The summed E-state index contributed by atoms with van der Waals surface area (Å²) in [5.41, 5.74) is 8.79. The average molecular weight is 606 g/mol. The molecule has 0 aromatic heterocycles. The summed E-state index contributed by atoms with van der Waals surface area (Å²) < 4.78 is 0. The third-order valence-corrected chi connectivity index (χ3v) is 7.86. The van der Waals surface area contributed by atoms with E-state index < -0.39 is 0 Å². The van der Waals surface area contributed by atoms with Crippen molar-refractivity contribution >= 4 is 52.1 Å². The molecule has 0 bridgehead atoms. The van der Waals surface area contributed by atoms with Gasteiger partial charge in [0.05, 0.1) is 16.4 Å². The van der Waals surface area contributed by atoms with Gasteiger partial charge < -0.3 is 16.4 Å². The van der Waals surface area contributed by atoms with Crippen molar-refractivity contribution in [2.45, 2.75) is 71.8 Å². The molecule has 0 aliphatic rings. The molecule has 0 spiro atoms. The summed E-state index contributed by atoms with van der Waals surface area (Å²) in [5.74, 6) is 0.333. The summed E-state index contributed by atoms with van der Waals surface area (Å²) in [6.07, 6.45) is 9.64. The third-order valence-electron chi connectivity index (χ3n) is 7.07. The second-order valence-corrected chi connectivity index (χ2v) is 11.3. The number of unbranched alkanes of at least 4 members (excludes halogenated alkanes) is 4. The second-order valence-electron chi connectivity index (χ2n) is 10.1. The van der Waals surface area contributed by atoms with E-state index in [0.717, 1.165) is 50.6 Å². The standard InChI is InChI=1S/C32H43Cl3N4O/c1-5-12-24(6-2)23(4)37-19-10-8-7-9-11-20-38-32(40)30(36)22(3)31(25-13-15-26(33)16-14-25)39-29-18-17-27(34)21-28(29)35/h5,13-18,21,23-24,37H,1,6-12,19-20,36H2,2-4H3,(H,38,40). The van der Waals surface area contributed by atoms with Gasteiger partial charge in [-0.25, -0.2) is 4.99 Å². The van der Waals surface area contributed by atoms with Crippen LogP contribution in [0.25, 0.3) is 0 Å². The molecule has 2 aromatic rings. The number of benzene rings is 2. The van der Waals surface area contributed by atoms with E-state index in [9.17, 15) is 4.79 Å². The molecule has 0 heterocycles. The van der Waals surface area contributed by atoms with Crippen molar-refractivity contribution < 1.29 is 4.79 Å². The maximum Gasteiger partial charge on any atom is 0.267 e. The summed E-state index contributed by atoms with van der Waals surface area (Å²) >= 11 is 18.5. The first-order chi connectivity index (χ1) is 19.2. The van der Waals surface area contributed by atoms with E-state index in [1.54, 1.807) is 37.3 Å². The van der Waals surface area contributed by atoms with Crippen LogP contribution in [0.1, 0.15) is 71.3 Å². The zero-order valence-electron chi connectivity index (χ0n) is 23.9. The summed E-state index contributed by atoms with van der Waals surface area (Å²) in [6.45, 7) is 11.7. The van der Waals surface area contributed by atoms with E-state index in [-0.39, 0.29) is 11.6 Å². The van der Waals surface area contributed by atoms with Gasteiger partial charge in [-0.1, -0.05) is 85.6 Å². The van der Waals surface area contributed by atoms with E-state index in [0.29, 0.717) is 50.5 Å². The minimum absolute atomic E-state index is 0.112. The van der Waals surface area contributed by atoms with Gasteiger partial charge in [-0.05, 0) is 75.9 Å². The Morgan fingerprint density at radius 1 is 1.00 bits per heavy atom. The van der Waals surface area contributed by atoms with Crippen molar-refractivity contribution in [2.75, 3.05) is 13.1 Å². The Balaban J connectivity index is 1.90. The Kier molecular flexibility index (Phi) is 15.4. The van der Waals surface area contributed by atoms with Gasteiger partial charge in [0.1, 0.15) is 5.70 Å². The van der Waals surface area contributed by atoms with Crippen LogP contribution >= 0.6 is 34.8 Å². The number of amides is 1. The number of rotatable bonds is 17. The largest absolute Gasteiger partial charge is 0.394 e. The first-order valence-corrected chi connectivity index (χ1v) is 15.2. The smallest absolute Gasteiger partial charge is 0.267 e. The minimum atomic E-state index is -0.315. The highest BCUT2D eigenvalue weighted by Crippen LogP contribution is 2.30. The lowest BCUT2D eigenvalue weighted by atomic mass is 9.94. The number of aliphatic imine (C=N–C) groups is 1. The van der Waals surface area contributed by atoms with Gasteiger partial charge in [-0.15, -0.1) is 6.58 Å². The molecule has 0 aliphatic heterocycles.